The Bertz CT molecular complexity index is 291. The van der Waals surface area contributed by atoms with Gasteiger partial charge in [-0.2, -0.15) is 9.78 Å². The van der Waals surface area contributed by atoms with Crippen molar-refractivity contribution in [1.29, 1.82) is 0 Å². The highest BCUT2D eigenvalue weighted by atomic mass is 17.3. The predicted molar refractivity (Wildman–Crippen MR) is 78.8 cm³/mol. The molecular weight excluding hydrogens is 256 g/mol. The third-order valence-electron chi connectivity index (χ3n) is 3.05. The molecule has 0 unspecified atom stereocenters. The zero-order chi connectivity index (χ0) is 15.7. The van der Waals surface area contributed by atoms with Gasteiger partial charge in [-0.05, 0) is 59.8 Å². The van der Waals surface area contributed by atoms with Crippen molar-refractivity contribution in [2.75, 3.05) is 0 Å². The van der Waals surface area contributed by atoms with Gasteiger partial charge in [-0.15, -0.1) is 0 Å². The largest absolute Gasteiger partial charge is 0.234 e. The molecule has 4 heteroatoms. The van der Waals surface area contributed by atoms with Crippen molar-refractivity contribution < 1.29 is 19.6 Å². The van der Waals surface area contributed by atoms with E-state index in [0.717, 1.165) is 25.7 Å². The molecule has 0 aromatic rings. The Labute approximate surface area is 124 Å². The van der Waals surface area contributed by atoms with Gasteiger partial charge in [0.25, 0.3) is 0 Å². The fourth-order valence-corrected chi connectivity index (χ4v) is 2.30. The maximum Gasteiger partial charge on any atom is 0.234 e. The average molecular weight is 288 g/mol. The number of hydrogen-bond donors (Lipinski definition) is 0. The first kappa shape index (κ1) is 17.9. The average Bonchev–Trinajstić information content (AvgIpc) is 2.21. The van der Waals surface area contributed by atoms with Crippen molar-refractivity contribution in [3.05, 3.63) is 0 Å². The molecule has 1 fully saturated rings. The number of rotatable bonds is 4. The van der Waals surface area contributed by atoms with Crippen LogP contribution in [0.1, 0.15) is 81.1 Å². The van der Waals surface area contributed by atoms with Crippen LogP contribution in [-0.4, -0.2) is 17.0 Å². The smallest absolute Gasteiger partial charge is 0.228 e. The van der Waals surface area contributed by atoms with E-state index in [2.05, 4.69) is 13.8 Å². The van der Waals surface area contributed by atoms with E-state index in [0.29, 0.717) is 0 Å². The lowest BCUT2D eigenvalue weighted by Crippen LogP contribution is -2.46. The van der Waals surface area contributed by atoms with Gasteiger partial charge in [-0.3, -0.25) is 0 Å². The van der Waals surface area contributed by atoms with Gasteiger partial charge in [0.15, 0.2) is 0 Å². The summed E-state index contributed by atoms with van der Waals surface area (Å²) < 4.78 is 0. The fourth-order valence-electron chi connectivity index (χ4n) is 2.30. The van der Waals surface area contributed by atoms with Crippen LogP contribution in [0.5, 0.6) is 0 Å². The molecule has 0 bridgehead atoms. The van der Waals surface area contributed by atoms with Crippen LogP contribution < -0.4 is 0 Å². The molecule has 0 atom stereocenters. The highest BCUT2D eigenvalue weighted by Gasteiger charge is 2.46. The maximum atomic E-state index is 5.72. The summed E-state index contributed by atoms with van der Waals surface area (Å²) in [5, 5.41) is 0. The summed E-state index contributed by atoms with van der Waals surface area (Å²) in [4.78, 5) is 22.5. The topological polar surface area (TPSA) is 36.9 Å². The molecule has 0 radical (unpaired) electrons. The van der Waals surface area contributed by atoms with Gasteiger partial charge in [-0.25, -0.2) is 9.78 Å². The normalized spacial score (nSPS) is 22.8. The van der Waals surface area contributed by atoms with Gasteiger partial charge in [0.05, 0.1) is 11.2 Å². The first-order valence-electron chi connectivity index (χ1n) is 7.56. The Morgan fingerprint density at radius 2 is 1.20 bits per heavy atom. The molecule has 0 aromatic carbocycles. The van der Waals surface area contributed by atoms with Gasteiger partial charge in [0, 0.05) is 12.8 Å². The molecule has 0 saturated heterocycles. The fraction of sp³-hybridized carbons (Fsp3) is 1.00. The van der Waals surface area contributed by atoms with E-state index in [9.17, 15) is 0 Å². The summed E-state index contributed by atoms with van der Waals surface area (Å²) in [7, 11) is 0. The van der Waals surface area contributed by atoms with E-state index in [1.54, 1.807) is 0 Å². The molecule has 1 saturated carbocycles. The first-order valence-corrected chi connectivity index (χ1v) is 7.56. The highest BCUT2D eigenvalue weighted by Crippen LogP contribution is 2.44. The summed E-state index contributed by atoms with van der Waals surface area (Å²) >= 11 is 0. The van der Waals surface area contributed by atoms with Crippen LogP contribution in [0.2, 0.25) is 0 Å². The van der Waals surface area contributed by atoms with Crippen LogP contribution >= 0.6 is 0 Å². The molecule has 0 aromatic heterocycles. The predicted octanol–water partition coefficient (Wildman–Crippen LogP) is 4.78. The van der Waals surface area contributed by atoms with Crippen LogP contribution in [0.3, 0.4) is 0 Å². The van der Waals surface area contributed by atoms with Crippen molar-refractivity contribution in [2.24, 2.45) is 5.41 Å². The van der Waals surface area contributed by atoms with Crippen LogP contribution in [-0.2, 0) is 19.6 Å². The van der Waals surface area contributed by atoms with Crippen LogP contribution in [0.25, 0.3) is 0 Å². The van der Waals surface area contributed by atoms with E-state index in [-0.39, 0.29) is 16.6 Å². The molecule has 1 rings (SSSR count). The quantitative estimate of drug-likeness (QED) is 0.424. The van der Waals surface area contributed by atoms with E-state index >= 15 is 0 Å². The lowest BCUT2D eigenvalue weighted by molar-refractivity contribution is -0.549. The van der Waals surface area contributed by atoms with Crippen molar-refractivity contribution in [2.45, 2.75) is 98.1 Å². The van der Waals surface area contributed by atoms with Gasteiger partial charge < -0.3 is 0 Å². The Balaban J connectivity index is 2.77. The van der Waals surface area contributed by atoms with Gasteiger partial charge >= 0.3 is 0 Å². The zero-order valence-corrected chi connectivity index (χ0v) is 14.5. The second-order valence-corrected chi connectivity index (χ2v) is 8.66. The zero-order valence-electron chi connectivity index (χ0n) is 14.5. The Kier molecular flexibility index (Phi) is 5.29. The van der Waals surface area contributed by atoms with E-state index in [1.165, 1.54) is 0 Å². The van der Waals surface area contributed by atoms with Crippen LogP contribution in [0, 0.1) is 5.41 Å². The van der Waals surface area contributed by atoms with Crippen LogP contribution in [0.15, 0.2) is 0 Å². The summed E-state index contributed by atoms with van der Waals surface area (Å²) in [6.45, 7) is 16.2. The lowest BCUT2D eigenvalue weighted by atomic mass is 9.74. The molecule has 120 valence electrons. The summed E-state index contributed by atoms with van der Waals surface area (Å²) in [6.07, 6.45) is 3.73. The third kappa shape index (κ3) is 6.53. The van der Waals surface area contributed by atoms with Crippen LogP contribution in [0.4, 0.5) is 0 Å². The summed E-state index contributed by atoms with van der Waals surface area (Å²) in [5.74, 6) is -0.817. The first-order chi connectivity index (χ1) is 8.83. The molecule has 0 aliphatic heterocycles. The second-order valence-electron chi connectivity index (χ2n) is 8.66. The van der Waals surface area contributed by atoms with E-state index in [4.69, 9.17) is 19.6 Å². The minimum Gasteiger partial charge on any atom is -0.228 e. The summed E-state index contributed by atoms with van der Waals surface area (Å²) in [5.41, 5.74) is -0.597. The molecule has 1 aliphatic carbocycles. The molecule has 0 heterocycles. The molecule has 0 spiro atoms. The number of hydrogen-bond acceptors (Lipinski definition) is 4. The van der Waals surface area contributed by atoms with Crippen molar-refractivity contribution in [3.8, 4) is 0 Å². The lowest BCUT2D eigenvalue weighted by Gasteiger charge is -2.43. The molecule has 1 aliphatic rings. The summed E-state index contributed by atoms with van der Waals surface area (Å²) in [6, 6.07) is 0. The molecule has 0 N–H and O–H groups in total. The Morgan fingerprint density at radius 3 is 1.55 bits per heavy atom. The monoisotopic (exact) mass is 288 g/mol. The van der Waals surface area contributed by atoms with Gasteiger partial charge in [0.1, 0.15) is 0 Å². The Hall–Kier alpha value is -0.160. The SMILES string of the molecule is CC1(C)CCCC(OOC(C)(C)C)(OOC(C)(C)C)C1. The molecule has 20 heavy (non-hydrogen) atoms. The molecular formula is C16H32O4. The van der Waals surface area contributed by atoms with Crippen molar-refractivity contribution in [3.63, 3.8) is 0 Å². The molecule has 0 amide bonds. The van der Waals surface area contributed by atoms with E-state index in [1.807, 2.05) is 41.5 Å². The minimum atomic E-state index is -0.817. The third-order valence-corrected chi connectivity index (χ3v) is 3.05. The molecule has 4 nitrogen and oxygen atoms in total. The minimum absolute atomic E-state index is 0.154. The van der Waals surface area contributed by atoms with Crippen molar-refractivity contribution >= 4 is 0 Å². The highest BCUT2D eigenvalue weighted by molar-refractivity contribution is 4.85. The van der Waals surface area contributed by atoms with Gasteiger partial charge in [0.2, 0.25) is 5.79 Å². The van der Waals surface area contributed by atoms with Gasteiger partial charge in [-0.1, -0.05) is 13.8 Å². The van der Waals surface area contributed by atoms with E-state index < -0.39 is 5.79 Å². The maximum absolute atomic E-state index is 5.72. The Morgan fingerprint density at radius 1 is 0.750 bits per heavy atom. The van der Waals surface area contributed by atoms with Crippen molar-refractivity contribution in [1.82, 2.24) is 0 Å². The second kappa shape index (κ2) is 5.91. The standard InChI is InChI=1S/C16H32O4/c1-13(2,3)17-19-16(20-18-14(4,5)6)11-9-10-15(7,8)12-16/h9-12H2,1-8H3.